The van der Waals surface area contributed by atoms with Crippen molar-refractivity contribution in [3.8, 4) is 84.3 Å². The van der Waals surface area contributed by atoms with Crippen LogP contribution in [0.2, 0.25) is 0 Å². The summed E-state index contributed by atoms with van der Waals surface area (Å²) in [6, 6.07) is 62.2. The van der Waals surface area contributed by atoms with Crippen molar-refractivity contribution in [3.63, 3.8) is 0 Å². The van der Waals surface area contributed by atoms with Gasteiger partial charge in [0.1, 0.15) is 5.82 Å². The quantitative estimate of drug-likeness (QED) is 0.123. The van der Waals surface area contributed by atoms with Gasteiger partial charge in [-0.25, -0.2) is 4.98 Å². The fourth-order valence-electron chi connectivity index (χ4n) is 11.2. The molecular formula is C72H60N4OPt-2. The van der Waals surface area contributed by atoms with Gasteiger partial charge in [-0.15, -0.1) is 29.7 Å². The summed E-state index contributed by atoms with van der Waals surface area (Å²) in [6.45, 7) is 19.9. The summed E-state index contributed by atoms with van der Waals surface area (Å²) in [7, 11) is 0. The third-order valence-corrected chi connectivity index (χ3v) is 15.1. The molecule has 1 aliphatic rings. The van der Waals surface area contributed by atoms with Gasteiger partial charge in [-0.1, -0.05) is 207 Å². The van der Waals surface area contributed by atoms with Crippen molar-refractivity contribution in [1.29, 1.82) is 0 Å². The number of benzene rings is 9. The molecule has 0 unspecified atom stereocenters. The number of imidazole rings is 1. The van der Waals surface area contributed by atoms with Crippen molar-refractivity contribution in [2.45, 2.75) is 78.6 Å². The van der Waals surface area contributed by atoms with Crippen LogP contribution >= 0.6 is 0 Å². The Bertz CT molecular complexity index is 4580. The zero-order chi connectivity index (χ0) is 57.3. The number of hydrogen-bond donors (Lipinski definition) is 0. The smallest absolute Gasteiger partial charge is 0.268 e. The molecule has 3 aromatic heterocycles. The molecule has 6 heteroatoms. The van der Waals surface area contributed by atoms with Gasteiger partial charge >= 0.3 is 0 Å². The van der Waals surface area contributed by atoms with Gasteiger partial charge in [0.05, 0.1) is 23.6 Å². The molecule has 0 fully saturated rings. The molecule has 9 aromatic carbocycles. The summed E-state index contributed by atoms with van der Waals surface area (Å²) < 4.78 is 58.3. The van der Waals surface area contributed by atoms with E-state index < -0.39 is 11.5 Å². The molecule has 78 heavy (non-hydrogen) atoms. The van der Waals surface area contributed by atoms with E-state index in [1.807, 2.05) is 48.7 Å². The van der Waals surface area contributed by atoms with E-state index in [-0.39, 0.29) is 61.6 Å². The van der Waals surface area contributed by atoms with Gasteiger partial charge in [0.15, 0.2) is 0 Å². The predicted octanol–water partition coefficient (Wildman–Crippen LogP) is 18.1. The minimum atomic E-state index is -0.437. The summed E-state index contributed by atoms with van der Waals surface area (Å²) in [6.07, 6.45) is 5.81. The van der Waals surface area contributed by atoms with Crippen molar-refractivity contribution < 1.29 is 37.2 Å². The van der Waals surface area contributed by atoms with E-state index in [4.69, 9.17) is 13.8 Å². The van der Waals surface area contributed by atoms with E-state index in [1.54, 1.807) is 0 Å². The second-order valence-corrected chi connectivity index (χ2v) is 23.3. The summed E-state index contributed by atoms with van der Waals surface area (Å²) in [5.41, 5.74) is 16.0. The molecular weight excluding hydrogens is 1130 g/mol. The number of pyridine rings is 1. The Balaban J connectivity index is 0.00000680. The molecule has 0 radical (unpaired) electrons. The van der Waals surface area contributed by atoms with Crippen molar-refractivity contribution in [2.24, 2.45) is 0 Å². The van der Waals surface area contributed by atoms with Crippen LogP contribution in [0.4, 0.5) is 0 Å². The standard InChI is InChI=1S/C72H60N4O.Pt/c1-70(2,3)49-34-32-46(33-35-49)48-40-61-56-25-14-13-24-55(56)59-28-18-27-54(47-20-11-10-12-21-47)67(59)60-29-19-30-62(72(7,8)9)68(60)75-45-74(65(41-48)69(61)75)51-22-17-23-52(43-51)77-53-36-37-58-57-26-15-16-31-63(57)76(64(58)44-53)66-42-50(38-39-73-66)71(4,5)6;/h10-42H,1-9H3;/q-2;/i10D,11D,12D,20D,21D;. The van der Waals surface area contributed by atoms with Crippen molar-refractivity contribution in [2.75, 3.05) is 0 Å². The van der Waals surface area contributed by atoms with Crippen molar-refractivity contribution >= 4 is 32.8 Å². The summed E-state index contributed by atoms with van der Waals surface area (Å²) in [5, 5.41) is 2.13. The van der Waals surface area contributed by atoms with Gasteiger partial charge < -0.3 is 13.9 Å². The zero-order valence-corrected chi connectivity index (χ0v) is 47.5. The Morgan fingerprint density at radius 1 is 0.513 bits per heavy atom. The largest absolute Gasteiger partial charge is 0.510 e. The summed E-state index contributed by atoms with van der Waals surface area (Å²) in [4.78, 5) is 4.90. The van der Waals surface area contributed by atoms with Crippen LogP contribution in [-0.4, -0.2) is 14.1 Å². The Kier molecular flexibility index (Phi) is 11.0. The maximum Gasteiger partial charge on any atom is 0.268 e. The molecule has 1 aliphatic heterocycles. The molecule has 5 nitrogen and oxygen atoms in total. The van der Waals surface area contributed by atoms with Crippen LogP contribution in [0.25, 0.3) is 106 Å². The molecule has 0 aliphatic carbocycles. The third-order valence-electron chi connectivity index (χ3n) is 15.1. The molecule has 13 rings (SSSR count). The SMILES string of the molecule is [2H]c1c([2H])c([2H])c(-c2cccc3c2-c2cccc(C(C)(C)C)c2-[n+]2[c-]n(-c4[c-]c(Oc5[c-]c6c(cc5)c5ccccc5n6-c5cc(C(C)(C)C)ccn5)ccc4)c4cc(-c5ccc(C(C)(C)C)cc5)cc(c42)-c2ccccc2-3)c([2H])c1[2H].[Pt]. The molecule has 0 amide bonds. The first-order valence-electron chi connectivity index (χ1n) is 28.9. The molecule has 0 atom stereocenters. The van der Waals surface area contributed by atoms with Gasteiger partial charge in [0, 0.05) is 44.3 Å². The van der Waals surface area contributed by atoms with Crippen LogP contribution in [0, 0.1) is 18.5 Å². The van der Waals surface area contributed by atoms with Gasteiger partial charge in [-0.3, -0.25) is 4.57 Å². The first kappa shape index (κ1) is 45.0. The number of rotatable bonds is 6. The van der Waals surface area contributed by atoms with Gasteiger partial charge in [-0.2, -0.15) is 18.2 Å². The summed E-state index contributed by atoms with van der Waals surface area (Å²) >= 11 is 0. The average molecular weight is 1200 g/mol. The zero-order valence-electron chi connectivity index (χ0n) is 50.2. The van der Waals surface area contributed by atoms with Crippen LogP contribution < -0.4 is 9.30 Å². The molecule has 0 N–H and O–H groups in total. The maximum atomic E-state index is 9.36. The molecule has 12 aromatic rings. The Hall–Kier alpha value is -8.11. The minimum Gasteiger partial charge on any atom is -0.510 e. The molecule has 0 saturated carbocycles. The van der Waals surface area contributed by atoms with Gasteiger partial charge in [0.25, 0.3) is 6.33 Å². The van der Waals surface area contributed by atoms with Crippen molar-refractivity contribution in [1.82, 2.24) is 14.1 Å². The van der Waals surface area contributed by atoms with E-state index in [9.17, 15) is 2.74 Å². The van der Waals surface area contributed by atoms with E-state index >= 15 is 0 Å². The number of ether oxygens (including phenoxy) is 1. The number of nitrogens with zero attached hydrogens (tertiary/aromatic N) is 4. The van der Waals surface area contributed by atoms with Gasteiger partial charge in [-0.05, 0) is 124 Å². The number of para-hydroxylation sites is 2. The topological polar surface area (TPSA) is 35.9 Å². The normalized spacial score (nSPS) is 13.2. The molecule has 0 saturated heterocycles. The minimum absolute atomic E-state index is 0. The van der Waals surface area contributed by atoms with E-state index in [2.05, 4.69) is 216 Å². The van der Waals surface area contributed by atoms with Crippen molar-refractivity contribution in [3.05, 3.63) is 235 Å². The second-order valence-electron chi connectivity index (χ2n) is 23.3. The van der Waals surface area contributed by atoms with E-state index in [0.29, 0.717) is 22.7 Å². The number of hydrogen-bond acceptors (Lipinski definition) is 2. The van der Waals surface area contributed by atoms with Crippen LogP contribution in [0.15, 0.2) is 200 Å². The fraction of sp³-hybridized carbons (Fsp3) is 0.167. The van der Waals surface area contributed by atoms with Crippen LogP contribution in [0.1, 0.15) is 85.9 Å². The fourth-order valence-corrected chi connectivity index (χ4v) is 11.2. The first-order valence-corrected chi connectivity index (χ1v) is 26.4. The average Bonchev–Trinajstić information content (AvgIpc) is 2.05. The van der Waals surface area contributed by atoms with Crippen LogP contribution in [-0.2, 0) is 37.3 Å². The number of aromatic nitrogens is 4. The second kappa shape index (κ2) is 19.1. The molecule has 0 spiro atoms. The Labute approximate surface area is 479 Å². The first-order chi connectivity index (χ1) is 39.2. The maximum absolute atomic E-state index is 9.36. The van der Waals surface area contributed by atoms with E-state index in [0.717, 1.165) is 94.4 Å². The molecule has 386 valence electrons. The molecule has 0 bridgehead atoms. The Morgan fingerprint density at radius 3 is 1.94 bits per heavy atom. The van der Waals surface area contributed by atoms with E-state index in [1.165, 1.54) is 11.1 Å². The molecule has 4 heterocycles. The van der Waals surface area contributed by atoms with Gasteiger partial charge in [0.2, 0.25) is 0 Å². The number of fused-ring (bicyclic) bond motifs is 10. The third kappa shape index (κ3) is 8.70. The van der Waals surface area contributed by atoms with Crippen LogP contribution in [0.3, 0.4) is 0 Å². The van der Waals surface area contributed by atoms with Crippen LogP contribution in [0.5, 0.6) is 11.5 Å². The summed E-state index contributed by atoms with van der Waals surface area (Å²) in [5.74, 6) is 1.81. The monoisotopic (exact) mass is 1200 g/mol. The Morgan fingerprint density at radius 2 is 1.18 bits per heavy atom. The predicted molar refractivity (Wildman–Crippen MR) is 317 cm³/mol.